The first kappa shape index (κ1) is 25.8. The van der Waals surface area contributed by atoms with E-state index in [1.54, 1.807) is 19.1 Å². The number of pyridine rings is 1. The minimum Gasteiger partial charge on any atom is -0.462 e. The summed E-state index contributed by atoms with van der Waals surface area (Å²) in [5.41, 5.74) is 0.232. The van der Waals surface area contributed by atoms with Crippen molar-refractivity contribution in [1.82, 2.24) is 15.1 Å². The van der Waals surface area contributed by atoms with Crippen LogP contribution in [-0.2, 0) is 14.3 Å². The predicted octanol–water partition coefficient (Wildman–Crippen LogP) is 5.87. The van der Waals surface area contributed by atoms with Gasteiger partial charge in [0.1, 0.15) is 11.3 Å². The molecule has 1 atom stereocenters. The van der Waals surface area contributed by atoms with Crippen molar-refractivity contribution in [3.8, 4) is 11.5 Å². The van der Waals surface area contributed by atoms with Crippen LogP contribution in [0.5, 0.6) is 0 Å². The molecule has 0 unspecified atom stereocenters. The average molecular weight is 472 g/mol. The van der Waals surface area contributed by atoms with Crippen LogP contribution < -0.4 is 0 Å². The van der Waals surface area contributed by atoms with Crippen LogP contribution in [0.25, 0.3) is 11.5 Å². The highest BCUT2D eigenvalue weighted by atomic mass is 16.6. The topological polar surface area (TPSA) is 104 Å². The van der Waals surface area contributed by atoms with Crippen molar-refractivity contribution < 1.29 is 23.6 Å². The second kappa shape index (κ2) is 12.1. The number of carbonyl (C=O) groups is 2. The Kier molecular flexibility index (Phi) is 9.19. The van der Waals surface area contributed by atoms with Crippen LogP contribution >= 0.6 is 0 Å². The van der Waals surface area contributed by atoms with Crippen molar-refractivity contribution in [2.75, 3.05) is 6.61 Å². The zero-order chi connectivity index (χ0) is 24.6. The van der Waals surface area contributed by atoms with Crippen LogP contribution in [0.2, 0.25) is 0 Å². The van der Waals surface area contributed by atoms with E-state index in [0.717, 1.165) is 25.2 Å². The SMILES string of the molecule is CCOC(=O)c1ccnc(-c2noc([C@@H](CCCC3CCCCC3)CC(=O)OC(C)(C)C)n2)c1. The summed E-state index contributed by atoms with van der Waals surface area (Å²) in [6.45, 7) is 7.61. The van der Waals surface area contributed by atoms with E-state index in [0.29, 0.717) is 17.1 Å². The van der Waals surface area contributed by atoms with Crippen LogP contribution in [0, 0.1) is 5.92 Å². The van der Waals surface area contributed by atoms with Gasteiger partial charge in [-0.2, -0.15) is 4.98 Å². The number of carbonyl (C=O) groups excluding carboxylic acids is 2. The van der Waals surface area contributed by atoms with Gasteiger partial charge in [0, 0.05) is 12.1 Å². The van der Waals surface area contributed by atoms with Crippen molar-refractivity contribution in [2.24, 2.45) is 5.92 Å². The van der Waals surface area contributed by atoms with E-state index in [4.69, 9.17) is 14.0 Å². The summed E-state index contributed by atoms with van der Waals surface area (Å²) >= 11 is 0. The van der Waals surface area contributed by atoms with Gasteiger partial charge in [-0.25, -0.2) is 4.79 Å². The predicted molar refractivity (Wildman–Crippen MR) is 127 cm³/mol. The van der Waals surface area contributed by atoms with Crippen LogP contribution in [0.15, 0.2) is 22.9 Å². The van der Waals surface area contributed by atoms with Crippen LogP contribution in [0.4, 0.5) is 0 Å². The minimum absolute atomic E-state index is 0.180. The number of aromatic nitrogens is 3. The number of nitrogens with zero attached hydrogens (tertiary/aromatic N) is 3. The standard InChI is InChI=1S/C26H37N3O5/c1-5-32-25(31)20-14-15-27-21(16-20)23-28-24(34-29-23)19(17-22(30)33-26(2,3)4)13-9-12-18-10-7-6-8-11-18/h14-16,18-19H,5-13,17H2,1-4H3/t19-/m0/s1. The van der Waals surface area contributed by atoms with E-state index in [9.17, 15) is 9.59 Å². The van der Waals surface area contributed by atoms with E-state index < -0.39 is 11.6 Å². The average Bonchev–Trinajstić information content (AvgIpc) is 3.28. The second-order valence-electron chi connectivity index (χ2n) is 10.0. The zero-order valence-electron chi connectivity index (χ0n) is 20.8. The molecule has 2 aromatic heterocycles. The first-order valence-corrected chi connectivity index (χ1v) is 12.4. The van der Waals surface area contributed by atoms with Crippen LogP contribution in [-0.4, -0.2) is 39.3 Å². The van der Waals surface area contributed by atoms with Crippen LogP contribution in [0.3, 0.4) is 0 Å². The fraction of sp³-hybridized carbons (Fsp3) is 0.654. The lowest BCUT2D eigenvalue weighted by molar-refractivity contribution is -0.155. The first-order chi connectivity index (χ1) is 16.2. The van der Waals surface area contributed by atoms with Gasteiger partial charge in [0.05, 0.1) is 18.6 Å². The Morgan fingerprint density at radius 2 is 1.97 bits per heavy atom. The molecule has 2 aromatic rings. The molecule has 0 N–H and O–H groups in total. The molecule has 3 rings (SSSR count). The largest absolute Gasteiger partial charge is 0.462 e. The molecular weight excluding hydrogens is 434 g/mol. The van der Waals surface area contributed by atoms with E-state index >= 15 is 0 Å². The third-order valence-corrected chi connectivity index (χ3v) is 6.01. The fourth-order valence-electron chi connectivity index (χ4n) is 4.43. The number of hydrogen-bond acceptors (Lipinski definition) is 8. The Labute approximate surface area is 201 Å². The Hall–Kier alpha value is -2.77. The highest BCUT2D eigenvalue weighted by Crippen LogP contribution is 2.32. The molecule has 0 aliphatic heterocycles. The maximum Gasteiger partial charge on any atom is 0.338 e. The van der Waals surface area contributed by atoms with Crippen molar-refractivity contribution in [3.63, 3.8) is 0 Å². The Morgan fingerprint density at radius 3 is 2.68 bits per heavy atom. The summed E-state index contributed by atoms with van der Waals surface area (Å²) in [7, 11) is 0. The summed E-state index contributed by atoms with van der Waals surface area (Å²) < 4.78 is 16.2. The molecule has 1 fully saturated rings. The summed E-state index contributed by atoms with van der Waals surface area (Å²) in [5.74, 6) is 0.505. The molecule has 0 saturated heterocycles. The summed E-state index contributed by atoms with van der Waals surface area (Å²) in [6.07, 6.45) is 11.2. The van der Waals surface area contributed by atoms with Gasteiger partial charge in [-0.1, -0.05) is 50.1 Å². The van der Waals surface area contributed by atoms with Crippen molar-refractivity contribution in [1.29, 1.82) is 0 Å². The lowest BCUT2D eigenvalue weighted by Gasteiger charge is -2.23. The summed E-state index contributed by atoms with van der Waals surface area (Å²) in [6, 6.07) is 3.16. The van der Waals surface area contributed by atoms with Gasteiger partial charge in [-0.15, -0.1) is 0 Å². The molecule has 0 amide bonds. The molecule has 0 bridgehead atoms. The Balaban J connectivity index is 1.72. The smallest absolute Gasteiger partial charge is 0.338 e. The number of hydrogen-bond donors (Lipinski definition) is 0. The Morgan fingerprint density at radius 1 is 1.21 bits per heavy atom. The van der Waals surface area contributed by atoms with E-state index in [-0.39, 0.29) is 30.7 Å². The van der Waals surface area contributed by atoms with Crippen LogP contribution in [0.1, 0.15) is 108 Å². The molecule has 8 nitrogen and oxygen atoms in total. The van der Waals surface area contributed by atoms with Gasteiger partial charge < -0.3 is 14.0 Å². The van der Waals surface area contributed by atoms with Gasteiger partial charge in [0.2, 0.25) is 11.7 Å². The van der Waals surface area contributed by atoms with E-state index in [1.165, 1.54) is 38.3 Å². The van der Waals surface area contributed by atoms with E-state index in [1.807, 2.05) is 20.8 Å². The van der Waals surface area contributed by atoms with Gasteiger partial charge >= 0.3 is 11.9 Å². The molecule has 2 heterocycles. The molecule has 1 saturated carbocycles. The third kappa shape index (κ3) is 7.92. The molecule has 0 aromatic carbocycles. The number of ether oxygens (including phenoxy) is 2. The van der Waals surface area contributed by atoms with Crippen molar-refractivity contribution in [2.45, 2.75) is 97.0 Å². The molecule has 8 heteroatoms. The molecule has 186 valence electrons. The normalized spacial score (nSPS) is 15.6. The maximum atomic E-state index is 12.6. The lowest BCUT2D eigenvalue weighted by Crippen LogP contribution is -2.25. The molecule has 1 aliphatic rings. The quantitative estimate of drug-likeness (QED) is 0.396. The molecule has 34 heavy (non-hydrogen) atoms. The molecule has 0 radical (unpaired) electrons. The van der Waals surface area contributed by atoms with Gasteiger partial charge in [0.15, 0.2) is 0 Å². The first-order valence-electron chi connectivity index (χ1n) is 12.4. The second-order valence-corrected chi connectivity index (χ2v) is 10.0. The maximum absolute atomic E-state index is 12.6. The van der Waals surface area contributed by atoms with Gasteiger partial charge in [0.25, 0.3) is 0 Å². The minimum atomic E-state index is -0.554. The fourth-order valence-corrected chi connectivity index (χ4v) is 4.43. The third-order valence-electron chi connectivity index (χ3n) is 6.01. The van der Waals surface area contributed by atoms with Gasteiger partial charge in [-0.3, -0.25) is 9.78 Å². The number of rotatable bonds is 10. The van der Waals surface area contributed by atoms with Crippen molar-refractivity contribution in [3.05, 3.63) is 29.8 Å². The van der Waals surface area contributed by atoms with Gasteiger partial charge in [-0.05, 0) is 52.2 Å². The Bertz CT molecular complexity index is 944. The highest BCUT2D eigenvalue weighted by molar-refractivity contribution is 5.90. The molecule has 1 aliphatic carbocycles. The van der Waals surface area contributed by atoms with E-state index in [2.05, 4.69) is 15.1 Å². The lowest BCUT2D eigenvalue weighted by atomic mass is 9.84. The summed E-state index contributed by atoms with van der Waals surface area (Å²) in [4.78, 5) is 33.5. The number of esters is 2. The summed E-state index contributed by atoms with van der Waals surface area (Å²) in [5, 5.41) is 4.08. The van der Waals surface area contributed by atoms with Crippen molar-refractivity contribution >= 4 is 11.9 Å². The molecular formula is C26H37N3O5. The monoisotopic (exact) mass is 471 g/mol. The highest BCUT2D eigenvalue weighted by Gasteiger charge is 2.27. The zero-order valence-corrected chi connectivity index (χ0v) is 20.8. The molecule has 0 spiro atoms.